The highest BCUT2D eigenvalue weighted by Crippen LogP contribution is 2.19. The predicted molar refractivity (Wildman–Crippen MR) is 71.4 cm³/mol. The number of imide groups is 1. The van der Waals surface area contributed by atoms with Crippen molar-refractivity contribution >= 4 is 27.6 Å². The molecule has 0 spiro atoms. The third-order valence-electron chi connectivity index (χ3n) is 2.83. The van der Waals surface area contributed by atoms with Gasteiger partial charge in [-0.3, -0.25) is 19.1 Å². The fourth-order valence-corrected chi connectivity index (χ4v) is 2.11. The number of aromatic nitrogens is 2. The number of carbonyl (C=O) groups is 2. The zero-order chi connectivity index (χ0) is 16.3. The second kappa shape index (κ2) is 6.32. The number of nitrogens with one attached hydrogen (secondary N) is 2. The van der Waals surface area contributed by atoms with Gasteiger partial charge in [0.05, 0.1) is 18.1 Å². The fraction of sp³-hybridized carbons (Fsp3) is 0.455. The van der Waals surface area contributed by atoms with Crippen LogP contribution >= 0.6 is 0 Å². The normalized spacial score (nSPS) is 18.9. The Bertz CT molecular complexity index is 708. The largest absolute Gasteiger partial charge is 0.370 e. The molecule has 22 heavy (non-hydrogen) atoms. The Morgan fingerprint density at radius 1 is 1.50 bits per heavy atom. The Kier molecular flexibility index (Phi) is 4.66. The van der Waals surface area contributed by atoms with E-state index in [4.69, 9.17) is 0 Å². The van der Waals surface area contributed by atoms with Crippen LogP contribution in [0.15, 0.2) is 6.20 Å². The van der Waals surface area contributed by atoms with Crippen molar-refractivity contribution in [3.05, 3.63) is 17.7 Å². The first-order chi connectivity index (χ1) is 10.3. The van der Waals surface area contributed by atoms with Crippen LogP contribution in [-0.2, 0) is 30.5 Å². The fourth-order valence-electron chi connectivity index (χ4n) is 1.79. The number of hydrogen-bond acceptors (Lipinski definition) is 8. The van der Waals surface area contributed by atoms with Gasteiger partial charge >= 0.3 is 0 Å². The maximum atomic E-state index is 14.2. The summed E-state index contributed by atoms with van der Waals surface area (Å²) in [6.07, 6.45) is 2.22. The van der Waals surface area contributed by atoms with Gasteiger partial charge in [0.25, 0.3) is 10.1 Å². The van der Waals surface area contributed by atoms with Crippen LogP contribution in [0.25, 0.3) is 0 Å². The zero-order valence-corrected chi connectivity index (χ0v) is 12.3. The molecule has 1 atom stereocenters. The summed E-state index contributed by atoms with van der Waals surface area (Å²) in [6.45, 7) is -0.609. The van der Waals surface area contributed by atoms with Gasteiger partial charge in [-0.25, -0.2) is 4.39 Å². The molecule has 1 saturated heterocycles. The van der Waals surface area contributed by atoms with E-state index in [9.17, 15) is 22.4 Å². The maximum absolute atomic E-state index is 14.2. The summed E-state index contributed by atoms with van der Waals surface area (Å²) < 4.78 is 40.4. The number of piperidine rings is 1. The van der Waals surface area contributed by atoms with Gasteiger partial charge in [0.1, 0.15) is 18.3 Å². The molecule has 0 aliphatic carbocycles. The topological polar surface area (TPSA) is 127 Å². The smallest absolute Gasteiger partial charge is 0.264 e. The van der Waals surface area contributed by atoms with Crippen molar-refractivity contribution in [2.24, 2.45) is 0 Å². The molecule has 2 heterocycles. The molecule has 120 valence electrons. The molecule has 0 radical (unpaired) electrons. The van der Waals surface area contributed by atoms with E-state index < -0.39 is 40.4 Å². The first-order valence-electron chi connectivity index (χ1n) is 6.21. The van der Waals surface area contributed by atoms with E-state index in [0.717, 1.165) is 12.5 Å². The van der Waals surface area contributed by atoms with E-state index in [2.05, 4.69) is 25.0 Å². The molecule has 2 N–H and O–H groups in total. The Hall–Kier alpha value is -2.14. The molecule has 1 aliphatic rings. The number of halogens is 1. The molecular weight excluding hydrogens is 319 g/mol. The number of amides is 2. The summed E-state index contributed by atoms with van der Waals surface area (Å²) in [5.41, 5.74) is -0.445. The van der Waals surface area contributed by atoms with Crippen LogP contribution in [0.5, 0.6) is 0 Å². The minimum atomic E-state index is -3.75. The molecule has 2 rings (SSSR count). The highest BCUT2D eigenvalue weighted by atomic mass is 32.2. The summed E-state index contributed by atoms with van der Waals surface area (Å²) in [4.78, 5) is 22.6. The van der Waals surface area contributed by atoms with Crippen molar-refractivity contribution in [2.75, 3.05) is 11.6 Å². The highest BCUT2D eigenvalue weighted by Gasteiger charge is 2.27. The molecular formula is C11H13FN4O5S. The van der Waals surface area contributed by atoms with E-state index in [1.54, 1.807) is 0 Å². The van der Waals surface area contributed by atoms with Crippen LogP contribution < -0.4 is 10.6 Å². The zero-order valence-electron chi connectivity index (χ0n) is 11.5. The predicted octanol–water partition coefficient (Wildman–Crippen LogP) is -0.691. The van der Waals surface area contributed by atoms with Gasteiger partial charge in [-0.15, -0.1) is 5.10 Å². The number of rotatable bonds is 5. The van der Waals surface area contributed by atoms with Gasteiger partial charge in [-0.2, -0.15) is 13.5 Å². The summed E-state index contributed by atoms with van der Waals surface area (Å²) >= 11 is 0. The van der Waals surface area contributed by atoms with Crippen LogP contribution in [0.2, 0.25) is 0 Å². The van der Waals surface area contributed by atoms with Gasteiger partial charge in [0.15, 0.2) is 5.82 Å². The maximum Gasteiger partial charge on any atom is 0.264 e. The second-order valence-electron chi connectivity index (χ2n) is 4.63. The van der Waals surface area contributed by atoms with Gasteiger partial charge in [-0.05, 0) is 6.42 Å². The molecule has 11 heteroatoms. The van der Waals surface area contributed by atoms with Crippen LogP contribution in [-0.4, -0.2) is 42.7 Å². The first kappa shape index (κ1) is 16.2. The number of carbonyl (C=O) groups excluding carboxylic acids is 2. The lowest BCUT2D eigenvalue weighted by molar-refractivity contribution is -0.133. The van der Waals surface area contributed by atoms with Gasteiger partial charge in [-0.1, -0.05) is 0 Å². The van der Waals surface area contributed by atoms with E-state index in [-0.39, 0.29) is 24.2 Å². The molecule has 1 aromatic rings. The number of nitrogens with zero attached hydrogens (tertiary/aromatic N) is 2. The molecule has 1 aliphatic heterocycles. The third kappa shape index (κ3) is 4.18. The Labute approximate surface area is 125 Å². The molecule has 9 nitrogen and oxygen atoms in total. The van der Waals surface area contributed by atoms with Gasteiger partial charge in [0.2, 0.25) is 11.8 Å². The summed E-state index contributed by atoms with van der Waals surface area (Å²) in [6, 6.07) is -0.792. The summed E-state index contributed by atoms with van der Waals surface area (Å²) in [5.74, 6) is -1.83. The van der Waals surface area contributed by atoms with E-state index >= 15 is 0 Å². The average Bonchev–Trinajstić information content (AvgIpc) is 2.41. The lowest BCUT2D eigenvalue weighted by Crippen LogP contribution is -2.47. The van der Waals surface area contributed by atoms with Crippen LogP contribution in [0, 0.1) is 5.82 Å². The molecule has 1 aromatic heterocycles. The lowest BCUT2D eigenvalue weighted by Gasteiger charge is -2.22. The van der Waals surface area contributed by atoms with Crippen LogP contribution in [0.4, 0.5) is 10.1 Å². The monoisotopic (exact) mass is 332 g/mol. The van der Waals surface area contributed by atoms with Crippen molar-refractivity contribution in [3.8, 4) is 0 Å². The summed E-state index contributed by atoms with van der Waals surface area (Å²) in [7, 11) is -3.75. The van der Waals surface area contributed by atoms with Gasteiger partial charge in [0, 0.05) is 6.42 Å². The molecule has 1 fully saturated rings. The molecule has 0 aromatic carbocycles. The standard InChI is InChI=1S/C11H13FN4O5S/c1-22(19,20)21-5-8-10(12)7(4-13-16-8)14-6-2-3-9(17)15-11(6)18/h4,6H,2-3,5H2,1H3,(H,14,16)(H,15,17,18). The van der Waals surface area contributed by atoms with Crippen molar-refractivity contribution in [1.29, 1.82) is 0 Å². The number of anilines is 1. The molecule has 0 saturated carbocycles. The van der Waals surface area contributed by atoms with Crippen LogP contribution in [0.1, 0.15) is 18.5 Å². The van der Waals surface area contributed by atoms with Crippen molar-refractivity contribution < 1.29 is 26.6 Å². The molecule has 2 amide bonds. The number of hydrogen-bond donors (Lipinski definition) is 2. The quantitative estimate of drug-likeness (QED) is 0.536. The highest BCUT2D eigenvalue weighted by molar-refractivity contribution is 7.85. The summed E-state index contributed by atoms with van der Waals surface area (Å²) in [5, 5.41) is 11.7. The second-order valence-corrected chi connectivity index (χ2v) is 6.28. The Morgan fingerprint density at radius 3 is 2.86 bits per heavy atom. The van der Waals surface area contributed by atoms with E-state index in [0.29, 0.717) is 0 Å². The van der Waals surface area contributed by atoms with Crippen molar-refractivity contribution in [1.82, 2.24) is 15.5 Å². The minimum Gasteiger partial charge on any atom is -0.370 e. The first-order valence-corrected chi connectivity index (χ1v) is 8.02. The van der Waals surface area contributed by atoms with Crippen molar-refractivity contribution in [2.45, 2.75) is 25.5 Å². The Morgan fingerprint density at radius 2 is 2.23 bits per heavy atom. The van der Waals surface area contributed by atoms with E-state index in [1.165, 1.54) is 0 Å². The third-order valence-corrected chi connectivity index (χ3v) is 3.38. The SMILES string of the molecule is CS(=O)(=O)OCc1nncc(NC2CCC(=O)NC2=O)c1F. The minimum absolute atomic E-state index is 0.128. The molecule has 0 bridgehead atoms. The average molecular weight is 332 g/mol. The Balaban J connectivity index is 2.12. The molecule has 1 unspecified atom stereocenters. The van der Waals surface area contributed by atoms with Crippen LogP contribution in [0.3, 0.4) is 0 Å². The lowest BCUT2D eigenvalue weighted by atomic mass is 10.1. The van der Waals surface area contributed by atoms with E-state index in [1.807, 2.05) is 0 Å². The van der Waals surface area contributed by atoms with Gasteiger partial charge < -0.3 is 5.32 Å². The van der Waals surface area contributed by atoms with Crippen molar-refractivity contribution in [3.63, 3.8) is 0 Å².